The van der Waals surface area contributed by atoms with Crippen LogP contribution in [0.5, 0.6) is 0 Å². The van der Waals surface area contributed by atoms with Gasteiger partial charge >= 0.3 is 0 Å². The fourth-order valence-corrected chi connectivity index (χ4v) is 1.51. The Morgan fingerprint density at radius 1 is 1.64 bits per heavy atom. The number of hydrogen-bond donors (Lipinski definition) is 2. The Kier molecular flexibility index (Phi) is 4.62. The van der Waals surface area contributed by atoms with E-state index in [0.717, 1.165) is 12.8 Å². The highest BCUT2D eigenvalue weighted by Gasteiger charge is 2.18. The standard InChI is InChI=1S/C10H18N2O2/c1-2-5-9(11)10(13)12-14-8-6-3-4-7-8/h2,8-9H,1,3-7,11H2,(H,12,13). The molecule has 1 saturated carbocycles. The summed E-state index contributed by atoms with van der Waals surface area (Å²) in [5.74, 6) is -0.267. The van der Waals surface area contributed by atoms with Gasteiger partial charge in [0.15, 0.2) is 0 Å². The Hall–Kier alpha value is -0.870. The van der Waals surface area contributed by atoms with E-state index in [2.05, 4.69) is 12.1 Å². The third kappa shape index (κ3) is 3.47. The maximum absolute atomic E-state index is 11.3. The van der Waals surface area contributed by atoms with E-state index in [4.69, 9.17) is 10.6 Å². The van der Waals surface area contributed by atoms with Crippen LogP contribution in [0, 0.1) is 0 Å². The van der Waals surface area contributed by atoms with Crippen LogP contribution in [0.25, 0.3) is 0 Å². The largest absolute Gasteiger partial charge is 0.320 e. The average molecular weight is 198 g/mol. The van der Waals surface area contributed by atoms with Crippen LogP contribution < -0.4 is 11.2 Å². The lowest BCUT2D eigenvalue weighted by atomic mass is 10.2. The molecule has 0 aromatic heterocycles. The second-order valence-corrected chi connectivity index (χ2v) is 3.62. The van der Waals surface area contributed by atoms with Gasteiger partial charge in [-0.05, 0) is 19.3 Å². The summed E-state index contributed by atoms with van der Waals surface area (Å²) in [7, 11) is 0. The van der Waals surface area contributed by atoms with Gasteiger partial charge in [-0.1, -0.05) is 18.9 Å². The van der Waals surface area contributed by atoms with Gasteiger partial charge in [0.1, 0.15) is 0 Å². The molecule has 1 aliphatic rings. The minimum atomic E-state index is -0.547. The summed E-state index contributed by atoms with van der Waals surface area (Å²) in [6.45, 7) is 3.52. The van der Waals surface area contributed by atoms with Crippen molar-refractivity contribution in [1.29, 1.82) is 0 Å². The molecular weight excluding hydrogens is 180 g/mol. The first-order chi connectivity index (χ1) is 6.74. The lowest BCUT2D eigenvalue weighted by Gasteiger charge is -2.13. The van der Waals surface area contributed by atoms with Crippen LogP contribution in [0.4, 0.5) is 0 Å². The highest BCUT2D eigenvalue weighted by atomic mass is 16.7. The average Bonchev–Trinajstić information content (AvgIpc) is 2.67. The van der Waals surface area contributed by atoms with E-state index in [-0.39, 0.29) is 12.0 Å². The van der Waals surface area contributed by atoms with Gasteiger partial charge in [-0.15, -0.1) is 6.58 Å². The molecule has 4 heteroatoms. The molecule has 80 valence electrons. The zero-order chi connectivity index (χ0) is 10.4. The van der Waals surface area contributed by atoms with Crippen LogP contribution in [0.3, 0.4) is 0 Å². The van der Waals surface area contributed by atoms with Crippen LogP contribution >= 0.6 is 0 Å². The lowest BCUT2D eigenvalue weighted by molar-refractivity contribution is -0.139. The van der Waals surface area contributed by atoms with Crippen molar-refractivity contribution in [3.8, 4) is 0 Å². The van der Waals surface area contributed by atoms with Gasteiger partial charge in [0.2, 0.25) is 0 Å². The summed E-state index contributed by atoms with van der Waals surface area (Å²) in [6.07, 6.45) is 6.68. The van der Waals surface area contributed by atoms with E-state index in [1.165, 1.54) is 12.8 Å². The highest BCUT2D eigenvalue weighted by molar-refractivity contribution is 5.80. The fourth-order valence-electron chi connectivity index (χ4n) is 1.51. The monoisotopic (exact) mass is 198 g/mol. The molecule has 1 amide bonds. The van der Waals surface area contributed by atoms with Crippen LogP contribution in [0.1, 0.15) is 32.1 Å². The maximum Gasteiger partial charge on any atom is 0.260 e. The van der Waals surface area contributed by atoms with Crippen molar-refractivity contribution in [3.63, 3.8) is 0 Å². The SMILES string of the molecule is C=CCC(N)C(=O)NOC1CCCC1. The zero-order valence-corrected chi connectivity index (χ0v) is 8.37. The molecule has 0 spiro atoms. The number of hydroxylamine groups is 1. The molecule has 0 aromatic rings. The van der Waals surface area contributed by atoms with Crippen molar-refractivity contribution in [2.45, 2.75) is 44.2 Å². The number of carbonyl (C=O) groups excluding carboxylic acids is 1. The number of amides is 1. The minimum Gasteiger partial charge on any atom is -0.320 e. The van der Waals surface area contributed by atoms with Crippen molar-refractivity contribution in [1.82, 2.24) is 5.48 Å². The Labute approximate surface area is 84.4 Å². The Morgan fingerprint density at radius 2 is 2.29 bits per heavy atom. The van der Waals surface area contributed by atoms with Crippen molar-refractivity contribution >= 4 is 5.91 Å². The zero-order valence-electron chi connectivity index (χ0n) is 8.37. The van der Waals surface area contributed by atoms with Crippen molar-refractivity contribution in [2.24, 2.45) is 5.73 Å². The maximum atomic E-state index is 11.3. The van der Waals surface area contributed by atoms with Crippen LogP contribution in [-0.2, 0) is 9.63 Å². The van der Waals surface area contributed by atoms with Gasteiger partial charge < -0.3 is 5.73 Å². The normalized spacial score (nSPS) is 19.2. The molecule has 0 aromatic carbocycles. The van der Waals surface area contributed by atoms with E-state index in [0.29, 0.717) is 6.42 Å². The summed E-state index contributed by atoms with van der Waals surface area (Å²) in [5, 5.41) is 0. The quantitative estimate of drug-likeness (QED) is 0.509. The molecule has 14 heavy (non-hydrogen) atoms. The molecule has 0 aliphatic heterocycles. The molecule has 3 N–H and O–H groups in total. The molecule has 1 atom stereocenters. The predicted molar refractivity (Wildman–Crippen MR) is 54.3 cm³/mol. The minimum absolute atomic E-state index is 0.176. The van der Waals surface area contributed by atoms with E-state index in [1.54, 1.807) is 6.08 Å². The highest BCUT2D eigenvalue weighted by Crippen LogP contribution is 2.19. The summed E-state index contributed by atoms with van der Waals surface area (Å²) in [5.41, 5.74) is 7.95. The Morgan fingerprint density at radius 3 is 2.86 bits per heavy atom. The van der Waals surface area contributed by atoms with E-state index < -0.39 is 6.04 Å². The third-order valence-corrected chi connectivity index (χ3v) is 2.39. The molecule has 0 saturated heterocycles. The molecule has 1 aliphatic carbocycles. The summed E-state index contributed by atoms with van der Waals surface area (Å²) >= 11 is 0. The first-order valence-electron chi connectivity index (χ1n) is 5.06. The van der Waals surface area contributed by atoms with E-state index >= 15 is 0 Å². The Bertz CT molecular complexity index is 200. The molecule has 4 nitrogen and oxygen atoms in total. The van der Waals surface area contributed by atoms with Crippen LogP contribution in [0.15, 0.2) is 12.7 Å². The number of nitrogens with one attached hydrogen (secondary N) is 1. The smallest absolute Gasteiger partial charge is 0.260 e. The first kappa shape index (κ1) is 11.2. The molecule has 0 bridgehead atoms. The van der Waals surface area contributed by atoms with Gasteiger partial charge in [-0.2, -0.15) is 0 Å². The lowest BCUT2D eigenvalue weighted by Crippen LogP contribution is -2.41. The molecule has 0 radical (unpaired) electrons. The van der Waals surface area contributed by atoms with Crippen molar-refractivity contribution < 1.29 is 9.63 Å². The first-order valence-corrected chi connectivity index (χ1v) is 5.06. The summed E-state index contributed by atoms with van der Waals surface area (Å²) in [6, 6.07) is -0.547. The predicted octanol–water partition coefficient (Wildman–Crippen LogP) is 0.880. The van der Waals surface area contributed by atoms with Crippen LogP contribution in [-0.4, -0.2) is 18.1 Å². The number of nitrogens with two attached hydrogens (primary N) is 1. The van der Waals surface area contributed by atoms with Gasteiger partial charge in [0.05, 0.1) is 12.1 Å². The summed E-state index contributed by atoms with van der Waals surface area (Å²) in [4.78, 5) is 16.5. The van der Waals surface area contributed by atoms with E-state index in [9.17, 15) is 4.79 Å². The second-order valence-electron chi connectivity index (χ2n) is 3.62. The number of hydrogen-bond acceptors (Lipinski definition) is 3. The second kappa shape index (κ2) is 5.78. The molecule has 1 rings (SSSR count). The number of rotatable bonds is 5. The van der Waals surface area contributed by atoms with Crippen molar-refractivity contribution in [3.05, 3.63) is 12.7 Å². The topological polar surface area (TPSA) is 64.4 Å². The van der Waals surface area contributed by atoms with Gasteiger partial charge in [0.25, 0.3) is 5.91 Å². The fraction of sp³-hybridized carbons (Fsp3) is 0.700. The third-order valence-electron chi connectivity index (χ3n) is 2.39. The molecular formula is C10H18N2O2. The van der Waals surface area contributed by atoms with E-state index in [1.807, 2.05) is 0 Å². The molecule has 0 heterocycles. The molecule has 1 fully saturated rings. The Balaban J connectivity index is 2.16. The number of carbonyl (C=O) groups is 1. The van der Waals surface area contributed by atoms with Gasteiger partial charge in [-0.3, -0.25) is 9.63 Å². The molecule has 1 unspecified atom stereocenters. The van der Waals surface area contributed by atoms with Gasteiger partial charge in [-0.25, -0.2) is 5.48 Å². The van der Waals surface area contributed by atoms with Crippen molar-refractivity contribution in [2.75, 3.05) is 0 Å². The van der Waals surface area contributed by atoms with Crippen LogP contribution in [0.2, 0.25) is 0 Å². The van der Waals surface area contributed by atoms with Gasteiger partial charge in [0, 0.05) is 0 Å². The summed E-state index contributed by atoms with van der Waals surface area (Å²) < 4.78 is 0.